The maximum Gasteiger partial charge on any atom is 0.171 e. The monoisotopic (exact) mass is 233 g/mol. The Balaban J connectivity index is 2.49. The zero-order chi connectivity index (χ0) is 11.7. The number of phenolic OH excluding ortho intramolecular Hbond substituents is 1. The van der Waals surface area contributed by atoms with E-state index in [2.05, 4.69) is 4.98 Å². The topological polar surface area (TPSA) is 50.2 Å². The molecular formula is C12H11NO2S. The minimum Gasteiger partial charge on any atom is -0.508 e. The van der Waals surface area contributed by atoms with Gasteiger partial charge in [0.05, 0.1) is 10.6 Å². The van der Waals surface area contributed by atoms with Crippen LogP contribution in [0.1, 0.15) is 22.3 Å². The lowest BCUT2D eigenvalue weighted by molar-refractivity contribution is 0.102. The van der Waals surface area contributed by atoms with E-state index in [0.717, 1.165) is 16.3 Å². The third-order valence-electron chi connectivity index (χ3n) is 2.21. The standard InChI is InChI=1S/C12H11NO2S/c1-7-11(8(2)14)16-12(13-7)9-4-3-5-10(15)6-9/h3-6,15H,1-2H3. The van der Waals surface area contributed by atoms with Gasteiger partial charge in [-0.05, 0) is 19.1 Å². The van der Waals surface area contributed by atoms with E-state index in [1.807, 2.05) is 13.0 Å². The van der Waals surface area contributed by atoms with Crippen molar-refractivity contribution in [1.82, 2.24) is 4.98 Å². The Bertz CT molecular complexity index is 546. The molecule has 1 aromatic heterocycles. The van der Waals surface area contributed by atoms with Crippen LogP contribution in [0.3, 0.4) is 0 Å². The van der Waals surface area contributed by atoms with Crippen LogP contribution in [0.4, 0.5) is 0 Å². The minimum absolute atomic E-state index is 0.0291. The molecule has 3 nitrogen and oxygen atoms in total. The van der Waals surface area contributed by atoms with Crippen LogP contribution in [-0.2, 0) is 0 Å². The van der Waals surface area contributed by atoms with E-state index in [1.165, 1.54) is 18.3 Å². The van der Waals surface area contributed by atoms with Gasteiger partial charge in [-0.3, -0.25) is 4.79 Å². The molecule has 1 heterocycles. The molecule has 2 aromatic rings. The average molecular weight is 233 g/mol. The predicted octanol–water partition coefficient (Wildman–Crippen LogP) is 3.03. The maximum atomic E-state index is 11.3. The number of benzene rings is 1. The number of aryl methyl sites for hydroxylation is 1. The molecule has 0 amide bonds. The van der Waals surface area contributed by atoms with Gasteiger partial charge in [0.2, 0.25) is 0 Å². The van der Waals surface area contributed by atoms with Crippen molar-refractivity contribution in [3.63, 3.8) is 0 Å². The summed E-state index contributed by atoms with van der Waals surface area (Å²) in [6, 6.07) is 6.87. The van der Waals surface area contributed by atoms with Crippen molar-refractivity contribution in [2.24, 2.45) is 0 Å². The third-order valence-corrected chi connectivity index (χ3v) is 3.52. The molecule has 82 valence electrons. The van der Waals surface area contributed by atoms with Crippen molar-refractivity contribution in [3.8, 4) is 16.3 Å². The van der Waals surface area contributed by atoms with E-state index in [9.17, 15) is 9.90 Å². The minimum atomic E-state index is 0.0291. The van der Waals surface area contributed by atoms with Gasteiger partial charge in [-0.25, -0.2) is 4.98 Å². The normalized spacial score (nSPS) is 10.4. The van der Waals surface area contributed by atoms with E-state index in [4.69, 9.17) is 0 Å². The van der Waals surface area contributed by atoms with Crippen molar-refractivity contribution < 1.29 is 9.90 Å². The molecule has 16 heavy (non-hydrogen) atoms. The van der Waals surface area contributed by atoms with E-state index in [-0.39, 0.29) is 11.5 Å². The zero-order valence-corrected chi connectivity index (χ0v) is 9.84. The number of carbonyl (C=O) groups excluding carboxylic acids is 1. The highest BCUT2D eigenvalue weighted by atomic mass is 32.1. The van der Waals surface area contributed by atoms with Crippen LogP contribution in [-0.4, -0.2) is 15.9 Å². The molecule has 0 saturated carbocycles. The van der Waals surface area contributed by atoms with Crippen LogP contribution < -0.4 is 0 Å². The van der Waals surface area contributed by atoms with Crippen molar-refractivity contribution in [2.45, 2.75) is 13.8 Å². The number of carbonyl (C=O) groups is 1. The number of nitrogens with zero attached hydrogens (tertiary/aromatic N) is 1. The number of aromatic nitrogens is 1. The molecule has 0 aliphatic carbocycles. The van der Waals surface area contributed by atoms with Gasteiger partial charge >= 0.3 is 0 Å². The Morgan fingerprint density at radius 1 is 1.44 bits per heavy atom. The largest absolute Gasteiger partial charge is 0.508 e. The van der Waals surface area contributed by atoms with Crippen LogP contribution in [0.2, 0.25) is 0 Å². The number of hydrogen-bond acceptors (Lipinski definition) is 4. The Labute approximate surface area is 97.4 Å². The molecule has 4 heteroatoms. The number of ketones is 1. The SMILES string of the molecule is CC(=O)c1sc(-c2cccc(O)c2)nc1C. The van der Waals surface area contributed by atoms with Gasteiger partial charge in [0.15, 0.2) is 5.78 Å². The second-order valence-corrected chi connectivity index (χ2v) is 4.54. The van der Waals surface area contributed by atoms with Crippen LogP contribution >= 0.6 is 11.3 Å². The molecule has 0 radical (unpaired) electrons. The van der Waals surface area contributed by atoms with Crippen molar-refractivity contribution in [1.29, 1.82) is 0 Å². The summed E-state index contributed by atoms with van der Waals surface area (Å²) in [6.07, 6.45) is 0. The average Bonchev–Trinajstić information content (AvgIpc) is 2.60. The van der Waals surface area contributed by atoms with E-state index in [0.29, 0.717) is 4.88 Å². The lowest BCUT2D eigenvalue weighted by Gasteiger charge is -1.96. The number of phenols is 1. The second-order valence-electron chi connectivity index (χ2n) is 3.54. The van der Waals surface area contributed by atoms with Gasteiger partial charge < -0.3 is 5.11 Å². The summed E-state index contributed by atoms with van der Waals surface area (Å²) in [5.41, 5.74) is 1.58. The fraction of sp³-hybridized carbons (Fsp3) is 0.167. The van der Waals surface area contributed by atoms with Crippen molar-refractivity contribution in [3.05, 3.63) is 34.8 Å². The van der Waals surface area contributed by atoms with Gasteiger partial charge in [-0.2, -0.15) is 0 Å². The first-order valence-corrected chi connectivity index (χ1v) is 5.67. The fourth-order valence-corrected chi connectivity index (χ4v) is 2.44. The molecule has 1 aromatic carbocycles. The molecule has 2 rings (SSSR count). The first-order valence-electron chi connectivity index (χ1n) is 4.85. The number of hydrogen-bond donors (Lipinski definition) is 1. The first kappa shape index (κ1) is 10.8. The summed E-state index contributed by atoms with van der Waals surface area (Å²) in [7, 11) is 0. The molecule has 0 aliphatic heterocycles. The van der Waals surface area contributed by atoms with Crippen LogP contribution in [0.5, 0.6) is 5.75 Å². The summed E-state index contributed by atoms with van der Waals surface area (Å²) in [4.78, 5) is 16.3. The van der Waals surface area contributed by atoms with Gasteiger partial charge in [0, 0.05) is 12.5 Å². The van der Waals surface area contributed by atoms with E-state index >= 15 is 0 Å². The Morgan fingerprint density at radius 3 is 2.75 bits per heavy atom. The highest BCUT2D eigenvalue weighted by Gasteiger charge is 2.12. The molecule has 0 atom stereocenters. The highest BCUT2D eigenvalue weighted by molar-refractivity contribution is 7.17. The molecule has 0 aliphatic rings. The summed E-state index contributed by atoms with van der Waals surface area (Å²) in [5.74, 6) is 0.233. The molecular weight excluding hydrogens is 222 g/mol. The number of Topliss-reactive ketones (excluding diaryl/α,β-unsaturated/α-hetero) is 1. The fourth-order valence-electron chi connectivity index (χ4n) is 1.49. The first-order chi connectivity index (χ1) is 7.58. The number of rotatable bonds is 2. The lowest BCUT2D eigenvalue weighted by Crippen LogP contribution is -1.89. The molecule has 0 unspecified atom stereocenters. The Hall–Kier alpha value is -1.68. The summed E-state index contributed by atoms with van der Waals surface area (Å²) in [6.45, 7) is 3.35. The quantitative estimate of drug-likeness (QED) is 0.811. The van der Waals surface area contributed by atoms with Crippen LogP contribution in [0.25, 0.3) is 10.6 Å². The smallest absolute Gasteiger partial charge is 0.171 e. The van der Waals surface area contributed by atoms with Gasteiger partial charge in [-0.15, -0.1) is 11.3 Å². The van der Waals surface area contributed by atoms with Crippen molar-refractivity contribution >= 4 is 17.1 Å². The lowest BCUT2D eigenvalue weighted by atomic mass is 10.2. The Morgan fingerprint density at radius 2 is 2.19 bits per heavy atom. The van der Waals surface area contributed by atoms with Crippen LogP contribution in [0.15, 0.2) is 24.3 Å². The highest BCUT2D eigenvalue weighted by Crippen LogP contribution is 2.29. The summed E-state index contributed by atoms with van der Waals surface area (Å²) >= 11 is 1.36. The van der Waals surface area contributed by atoms with E-state index in [1.54, 1.807) is 18.2 Å². The number of aromatic hydroxyl groups is 1. The summed E-state index contributed by atoms with van der Waals surface area (Å²) < 4.78 is 0. The maximum absolute atomic E-state index is 11.3. The molecule has 1 N–H and O–H groups in total. The second kappa shape index (κ2) is 4.06. The molecule has 0 bridgehead atoms. The number of thiazole rings is 1. The Kier molecular flexibility index (Phi) is 2.75. The molecule has 0 fully saturated rings. The molecule has 0 spiro atoms. The molecule has 0 saturated heterocycles. The van der Waals surface area contributed by atoms with E-state index < -0.39 is 0 Å². The van der Waals surface area contributed by atoms with Gasteiger partial charge in [0.25, 0.3) is 0 Å². The predicted molar refractivity (Wildman–Crippen MR) is 64.0 cm³/mol. The van der Waals surface area contributed by atoms with Gasteiger partial charge in [0.1, 0.15) is 10.8 Å². The van der Waals surface area contributed by atoms with Crippen molar-refractivity contribution in [2.75, 3.05) is 0 Å². The van der Waals surface area contributed by atoms with Gasteiger partial charge in [-0.1, -0.05) is 12.1 Å². The zero-order valence-electron chi connectivity index (χ0n) is 9.02. The summed E-state index contributed by atoms with van der Waals surface area (Å²) in [5, 5.41) is 10.1. The third kappa shape index (κ3) is 1.97. The van der Waals surface area contributed by atoms with Crippen LogP contribution in [0, 0.1) is 6.92 Å².